The number of thiocarbonyl (C=S) groups is 1. The summed E-state index contributed by atoms with van der Waals surface area (Å²) < 4.78 is 23.3. The van der Waals surface area contributed by atoms with Gasteiger partial charge >= 0.3 is 0 Å². The van der Waals surface area contributed by atoms with Gasteiger partial charge in [-0.15, -0.1) is 0 Å². The van der Waals surface area contributed by atoms with E-state index in [1.54, 1.807) is 12.1 Å². The van der Waals surface area contributed by atoms with Crippen molar-refractivity contribution in [2.24, 2.45) is 0 Å². The van der Waals surface area contributed by atoms with Crippen LogP contribution in [-0.2, 0) is 14.6 Å². The Morgan fingerprint density at radius 2 is 1.90 bits per heavy atom. The molecule has 0 radical (unpaired) electrons. The lowest BCUT2D eigenvalue weighted by Crippen LogP contribution is -2.32. The maximum Gasteiger partial charge on any atom is 0.227 e. The predicted octanol–water partition coefficient (Wildman–Crippen LogP) is 3.96. The number of hydrogen-bond donors (Lipinski definition) is 2. The lowest BCUT2D eigenvalue weighted by atomic mass is 10.1. The zero-order chi connectivity index (χ0) is 21.9. The summed E-state index contributed by atoms with van der Waals surface area (Å²) in [6.07, 6.45) is 3.45. The quantitative estimate of drug-likeness (QED) is 0.655. The summed E-state index contributed by atoms with van der Waals surface area (Å²) in [4.78, 5) is 14.2. The molecule has 2 aromatic rings. The first-order chi connectivity index (χ1) is 14.2. The minimum absolute atomic E-state index is 0.0521. The molecule has 160 valence electrons. The van der Waals surface area contributed by atoms with E-state index in [9.17, 15) is 13.2 Å². The molecule has 3 rings (SSSR count). The molecule has 0 aliphatic carbocycles. The number of nitrogens with one attached hydrogen (secondary N) is 2. The summed E-state index contributed by atoms with van der Waals surface area (Å²) in [7, 11) is -3.22. The molecule has 1 fully saturated rings. The first kappa shape index (κ1) is 22.2. The average molecular weight is 446 g/mol. The molecule has 0 spiro atoms. The Labute approximate surface area is 183 Å². The Morgan fingerprint density at radius 3 is 2.47 bits per heavy atom. The Kier molecular flexibility index (Phi) is 6.77. The molecule has 8 heteroatoms. The van der Waals surface area contributed by atoms with E-state index in [4.69, 9.17) is 12.2 Å². The van der Waals surface area contributed by atoms with E-state index in [0.717, 1.165) is 41.9 Å². The van der Waals surface area contributed by atoms with Crippen molar-refractivity contribution in [3.63, 3.8) is 0 Å². The number of sulfone groups is 1. The van der Waals surface area contributed by atoms with Gasteiger partial charge in [0.25, 0.3) is 0 Å². The molecular formula is C22H27N3O3S2. The highest BCUT2D eigenvalue weighted by Crippen LogP contribution is 2.28. The highest BCUT2D eigenvalue weighted by Gasteiger charge is 2.23. The van der Waals surface area contributed by atoms with E-state index in [-0.39, 0.29) is 11.9 Å². The molecule has 1 saturated heterocycles. The van der Waals surface area contributed by atoms with Gasteiger partial charge in [0.2, 0.25) is 5.91 Å². The molecule has 2 aromatic carbocycles. The van der Waals surface area contributed by atoms with Crippen LogP contribution in [0.15, 0.2) is 47.4 Å². The third kappa shape index (κ3) is 5.17. The molecule has 30 heavy (non-hydrogen) atoms. The van der Waals surface area contributed by atoms with Crippen LogP contribution in [0.25, 0.3) is 0 Å². The molecule has 1 aliphatic heterocycles. The van der Waals surface area contributed by atoms with Crippen LogP contribution in [0.5, 0.6) is 0 Å². The van der Waals surface area contributed by atoms with Gasteiger partial charge in [-0.25, -0.2) is 8.42 Å². The molecule has 1 heterocycles. The Morgan fingerprint density at radius 1 is 1.20 bits per heavy atom. The summed E-state index contributed by atoms with van der Waals surface area (Å²) in [5.41, 5.74) is 3.73. The number of carbonyl (C=O) groups excluding carboxylic acids is 1. The molecule has 2 N–H and O–H groups in total. The second kappa shape index (κ2) is 9.14. The van der Waals surface area contributed by atoms with Gasteiger partial charge in [0, 0.05) is 30.6 Å². The van der Waals surface area contributed by atoms with Crippen LogP contribution in [0.4, 0.5) is 11.4 Å². The molecule has 0 aromatic heterocycles. The van der Waals surface area contributed by atoms with Crippen molar-refractivity contribution < 1.29 is 13.2 Å². The highest BCUT2D eigenvalue weighted by atomic mass is 32.2. The summed E-state index contributed by atoms with van der Waals surface area (Å²) in [5, 5.41) is 6.97. The SMILES string of the molecule is CC[C@@H](NC(=S)Nc1ccc(C)c(N2CCCC2=O)c1)c1ccc(S(C)(=O)=O)cc1. The van der Waals surface area contributed by atoms with Crippen LogP contribution in [0.3, 0.4) is 0 Å². The third-order valence-corrected chi connectivity index (χ3v) is 6.60. The van der Waals surface area contributed by atoms with Crippen molar-refractivity contribution in [2.75, 3.05) is 23.0 Å². The molecule has 0 saturated carbocycles. The lowest BCUT2D eigenvalue weighted by Gasteiger charge is -2.22. The van der Waals surface area contributed by atoms with Crippen LogP contribution in [-0.4, -0.2) is 32.2 Å². The van der Waals surface area contributed by atoms with Crippen LogP contribution in [0, 0.1) is 6.92 Å². The molecular weight excluding hydrogens is 418 g/mol. The first-order valence-electron chi connectivity index (χ1n) is 9.97. The van der Waals surface area contributed by atoms with Gasteiger partial charge in [0.1, 0.15) is 0 Å². The zero-order valence-electron chi connectivity index (χ0n) is 17.4. The topological polar surface area (TPSA) is 78.5 Å². The lowest BCUT2D eigenvalue weighted by molar-refractivity contribution is -0.117. The van der Waals surface area contributed by atoms with Gasteiger partial charge < -0.3 is 15.5 Å². The van der Waals surface area contributed by atoms with Crippen molar-refractivity contribution in [3.8, 4) is 0 Å². The number of rotatable bonds is 6. The predicted molar refractivity (Wildman–Crippen MR) is 125 cm³/mol. The Hall–Kier alpha value is -2.45. The number of hydrogen-bond acceptors (Lipinski definition) is 4. The minimum atomic E-state index is -3.22. The molecule has 1 amide bonds. The fraction of sp³-hybridized carbons (Fsp3) is 0.364. The summed E-state index contributed by atoms with van der Waals surface area (Å²) >= 11 is 5.50. The Bertz CT molecular complexity index is 1050. The number of amides is 1. The van der Waals surface area contributed by atoms with E-state index in [0.29, 0.717) is 16.4 Å². The molecule has 0 unspecified atom stereocenters. The molecule has 6 nitrogen and oxygen atoms in total. The number of anilines is 2. The zero-order valence-corrected chi connectivity index (χ0v) is 19.1. The number of aryl methyl sites for hydroxylation is 1. The fourth-order valence-electron chi connectivity index (χ4n) is 3.57. The van der Waals surface area contributed by atoms with E-state index >= 15 is 0 Å². The van der Waals surface area contributed by atoms with Gasteiger partial charge in [0.15, 0.2) is 14.9 Å². The maximum absolute atomic E-state index is 12.1. The monoisotopic (exact) mass is 445 g/mol. The molecule has 0 bridgehead atoms. The van der Waals surface area contributed by atoms with Crippen LogP contribution >= 0.6 is 12.2 Å². The van der Waals surface area contributed by atoms with Gasteiger partial charge in [-0.3, -0.25) is 4.79 Å². The van der Waals surface area contributed by atoms with Gasteiger partial charge in [-0.05, 0) is 67.4 Å². The van der Waals surface area contributed by atoms with E-state index in [1.165, 1.54) is 6.26 Å². The van der Waals surface area contributed by atoms with Gasteiger partial charge in [-0.2, -0.15) is 0 Å². The Balaban J connectivity index is 1.70. The van der Waals surface area contributed by atoms with Crippen molar-refractivity contribution in [2.45, 2.75) is 44.0 Å². The second-order valence-electron chi connectivity index (χ2n) is 7.55. The maximum atomic E-state index is 12.1. The van der Waals surface area contributed by atoms with Gasteiger partial charge in [-0.1, -0.05) is 25.1 Å². The minimum Gasteiger partial charge on any atom is -0.356 e. The number of benzene rings is 2. The van der Waals surface area contributed by atoms with Crippen molar-refractivity contribution in [1.29, 1.82) is 0 Å². The highest BCUT2D eigenvalue weighted by molar-refractivity contribution is 7.90. The molecule has 1 aliphatic rings. The number of carbonyl (C=O) groups is 1. The summed E-state index contributed by atoms with van der Waals surface area (Å²) in [5.74, 6) is 0.152. The summed E-state index contributed by atoms with van der Waals surface area (Å²) in [6.45, 7) is 4.77. The van der Waals surface area contributed by atoms with Crippen molar-refractivity contribution >= 4 is 44.4 Å². The second-order valence-corrected chi connectivity index (χ2v) is 9.97. The van der Waals surface area contributed by atoms with E-state index in [1.807, 2.05) is 49.1 Å². The number of nitrogens with zero attached hydrogens (tertiary/aromatic N) is 1. The average Bonchev–Trinajstić information content (AvgIpc) is 3.12. The summed E-state index contributed by atoms with van der Waals surface area (Å²) in [6, 6.07) is 12.7. The molecule has 1 atom stereocenters. The smallest absolute Gasteiger partial charge is 0.227 e. The van der Waals surface area contributed by atoms with Crippen LogP contribution in [0.1, 0.15) is 43.4 Å². The first-order valence-corrected chi connectivity index (χ1v) is 12.3. The van der Waals surface area contributed by atoms with E-state index in [2.05, 4.69) is 10.6 Å². The largest absolute Gasteiger partial charge is 0.356 e. The third-order valence-electron chi connectivity index (χ3n) is 5.26. The van der Waals surface area contributed by atoms with Crippen LogP contribution < -0.4 is 15.5 Å². The standard InChI is InChI=1S/C22H27N3O3S2/c1-4-19(16-8-11-18(12-9-16)30(3,27)28)24-22(29)23-17-10-7-15(2)20(14-17)25-13-5-6-21(25)26/h7-12,14,19H,4-6,13H2,1-3H3,(H2,23,24,29)/t19-/m1/s1. The van der Waals surface area contributed by atoms with Gasteiger partial charge in [0.05, 0.1) is 10.9 Å². The normalized spacial score (nSPS) is 15.2. The van der Waals surface area contributed by atoms with Crippen LogP contribution in [0.2, 0.25) is 0 Å². The van der Waals surface area contributed by atoms with E-state index < -0.39 is 9.84 Å². The van der Waals surface area contributed by atoms with Crippen molar-refractivity contribution in [1.82, 2.24) is 5.32 Å². The van der Waals surface area contributed by atoms with Crippen molar-refractivity contribution in [3.05, 3.63) is 53.6 Å². The fourth-order valence-corrected chi connectivity index (χ4v) is 4.47.